The first kappa shape index (κ1) is 15.5. The number of hydrogen-bond donors (Lipinski definition) is 1. The van der Waals surface area contributed by atoms with E-state index in [1.165, 1.54) is 6.26 Å². The van der Waals surface area contributed by atoms with Gasteiger partial charge in [0, 0.05) is 16.6 Å². The van der Waals surface area contributed by atoms with Crippen molar-refractivity contribution >= 4 is 31.9 Å². The van der Waals surface area contributed by atoms with Gasteiger partial charge in [0.15, 0.2) is 0 Å². The molecule has 1 aromatic carbocycles. The van der Waals surface area contributed by atoms with Crippen molar-refractivity contribution in [1.82, 2.24) is 5.32 Å². The molecule has 0 amide bonds. The summed E-state index contributed by atoms with van der Waals surface area (Å²) in [6.07, 6.45) is 2.41. The molecule has 0 aliphatic heterocycles. The molecule has 1 aromatic rings. The average Bonchev–Trinajstić information content (AvgIpc) is 2.33. The van der Waals surface area contributed by atoms with Gasteiger partial charge >= 0.3 is 0 Å². The van der Waals surface area contributed by atoms with Crippen molar-refractivity contribution < 1.29 is 9.47 Å². The minimum atomic E-state index is 0.690. The van der Waals surface area contributed by atoms with E-state index in [9.17, 15) is 0 Å². The van der Waals surface area contributed by atoms with E-state index in [-0.39, 0.29) is 0 Å². The van der Waals surface area contributed by atoms with Crippen LogP contribution in [0, 0.1) is 0 Å². The lowest BCUT2D eigenvalue weighted by Gasteiger charge is -2.12. The molecule has 0 atom stereocenters. The summed E-state index contributed by atoms with van der Waals surface area (Å²) in [5, 5.41) is 3.35. The lowest BCUT2D eigenvalue weighted by atomic mass is 10.2. The van der Waals surface area contributed by atoms with Crippen LogP contribution in [0.25, 0.3) is 0 Å². The van der Waals surface area contributed by atoms with Crippen molar-refractivity contribution in [3.8, 4) is 5.75 Å². The van der Waals surface area contributed by atoms with Crippen molar-refractivity contribution in [2.75, 3.05) is 20.3 Å². The first-order chi connectivity index (χ1) is 8.69. The van der Waals surface area contributed by atoms with Crippen molar-refractivity contribution in [1.29, 1.82) is 0 Å². The van der Waals surface area contributed by atoms with Gasteiger partial charge in [-0.2, -0.15) is 0 Å². The van der Waals surface area contributed by atoms with Gasteiger partial charge in [0.1, 0.15) is 5.75 Å². The highest BCUT2D eigenvalue weighted by Gasteiger charge is 2.08. The van der Waals surface area contributed by atoms with Crippen molar-refractivity contribution in [3.05, 3.63) is 39.5 Å². The van der Waals surface area contributed by atoms with Gasteiger partial charge < -0.3 is 14.8 Å². The monoisotopic (exact) mass is 377 g/mol. The summed E-state index contributed by atoms with van der Waals surface area (Å²) >= 11 is 6.96. The fourth-order valence-electron chi connectivity index (χ4n) is 1.56. The topological polar surface area (TPSA) is 30.5 Å². The predicted molar refractivity (Wildman–Crippen MR) is 80.9 cm³/mol. The molecule has 3 nitrogen and oxygen atoms in total. The van der Waals surface area contributed by atoms with E-state index in [0.717, 1.165) is 39.8 Å². The van der Waals surface area contributed by atoms with Gasteiger partial charge in [0.25, 0.3) is 0 Å². The predicted octanol–water partition coefficient (Wildman–Crippen LogP) is 3.86. The van der Waals surface area contributed by atoms with Gasteiger partial charge in [-0.3, -0.25) is 0 Å². The Hall–Kier alpha value is -0.520. The molecule has 0 radical (unpaired) electrons. The first-order valence-corrected chi connectivity index (χ1v) is 7.22. The standard InChI is InChI=1S/C13H17Br2NO2/c1-3-18-6-4-5-16-9-10-7-11(14)8-12(15)13(10)17-2/h3,7-8,16H,1,4-6,9H2,2H3. The molecule has 18 heavy (non-hydrogen) atoms. The first-order valence-electron chi connectivity index (χ1n) is 5.64. The lowest BCUT2D eigenvalue weighted by Crippen LogP contribution is -2.16. The second-order valence-corrected chi connectivity index (χ2v) is 5.42. The maximum atomic E-state index is 5.38. The minimum Gasteiger partial charge on any atom is -0.502 e. The molecule has 0 aliphatic carbocycles. The van der Waals surface area contributed by atoms with E-state index in [1.807, 2.05) is 6.07 Å². The number of hydrogen-bond acceptors (Lipinski definition) is 3. The van der Waals surface area contributed by atoms with Crippen LogP contribution < -0.4 is 10.1 Å². The SMILES string of the molecule is C=COCCCNCc1cc(Br)cc(Br)c1OC. The van der Waals surface area contributed by atoms with E-state index < -0.39 is 0 Å². The van der Waals surface area contributed by atoms with Gasteiger partial charge in [-0.25, -0.2) is 0 Å². The van der Waals surface area contributed by atoms with Crippen LogP contribution in [0.4, 0.5) is 0 Å². The van der Waals surface area contributed by atoms with E-state index in [1.54, 1.807) is 7.11 Å². The van der Waals surface area contributed by atoms with Crippen LogP contribution >= 0.6 is 31.9 Å². The Kier molecular flexibility index (Phi) is 7.39. The smallest absolute Gasteiger partial charge is 0.137 e. The van der Waals surface area contributed by atoms with E-state index in [4.69, 9.17) is 9.47 Å². The van der Waals surface area contributed by atoms with Crippen LogP contribution in [-0.2, 0) is 11.3 Å². The van der Waals surface area contributed by atoms with Crippen molar-refractivity contribution in [2.45, 2.75) is 13.0 Å². The van der Waals surface area contributed by atoms with Crippen LogP contribution in [0.2, 0.25) is 0 Å². The van der Waals surface area contributed by atoms with Crippen LogP contribution in [0.5, 0.6) is 5.75 Å². The number of benzene rings is 1. The Morgan fingerprint density at radius 3 is 2.83 bits per heavy atom. The molecular formula is C13H17Br2NO2. The molecule has 0 bridgehead atoms. The normalized spacial score (nSPS) is 10.2. The molecule has 0 aromatic heterocycles. The number of nitrogens with one attached hydrogen (secondary N) is 1. The fraction of sp³-hybridized carbons (Fsp3) is 0.385. The van der Waals surface area contributed by atoms with Crippen LogP contribution in [0.1, 0.15) is 12.0 Å². The molecule has 0 spiro atoms. The van der Waals surface area contributed by atoms with Crippen LogP contribution in [0.15, 0.2) is 33.9 Å². The van der Waals surface area contributed by atoms with E-state index in [0.29, 0.717) is 6.61 Å². The lowest BCUT2D eigenvalue weighted by molar-refractivity contribution is 0.244. The number of halogens is 2. The maximum absolute atomic E-state index is 5.38. The van der Waals surface area contributed by atoms with E-state index in [2.05, 4.69) is 49.8 Å². The second kappa shape index (κ2) is 8.56. The maximum Gasteiger partial charge on any atom is 0.137 e. The van der Waals surface area contributed by atoms with E-state index >= 15 is 0 Å². The van der Waals surface area contributed by atoms with Gasteiger partial charge in [0.05, 0.1) is 24.5 Å². The largest absolute Gasteiger partial charge is 0.502 e. The molecule has 0 heterocycles. The molecule has 0 fully saturated rings. The molecule has 1 rings (SSSR count). The molecule has 5 heteroatoms. The van der Waals surface area contributed by atoms with Crippen LogP contribution in [0.3, 0.4) is 0 Å². The molecule has 1 N–H and O–H groups in total. The zero-order chi connectivity index (χ0) is 13.4. The highest BCUT2D eigenvalue weighted by atomic mass is 79.9. The third-order valence-electron chi connectivity index (χ3n) is 2.34. The van der Waals surface area contributed by atoms with Gasteiger partial charge in [-0.15, -0.1) is 0 Å². The Bertz CT molecular complexity index is 397. The third kappa shape index (κ3) is 5.00. The Morgan fingerprint density at radius 1 is 1.39 bits per heavy atom. The highest BCUT2D eigenvalue weighted by Crippen LogP contribution is 2.32. The zero-order valence-corrected chi connectivity index (χ0v) is 13.5. The fourth-order valence-corrected chi connectivity index (χ4v) is 3.04. The number of rotatable bonds is 8. The quantitative estimate of drug-likeness (QED) is 0.550. The Labute approximate surface area is 125 Å². The summed E-state index contributed by atoms with van der Waals surface area (Å²) in [6, 6.07) is 4.02. The van der Waals surface area contributed by atoms with Gasteiger partial charge in [0.2, 0.25) is 0 Å². The summed E-state index contributed by atoms with van der Waals surface area (Å²) in [5.74, 6) is 0.869. The molecule has 100 valence electrons. The molecular weight excluding hydrogens is 362 g/mol. The number of methoxy groups -OCH3 is 1. The summed E-state index contributed by atoms with van der Waals surface area (Å²) in [4.78, 5) is 0. The minimum absolute atomic E-state index is 0.690. The summed E-state index contributed by atoms with van der Waals surface area (Å²) in [7, 11) is 1.68. The Morgan fingerprint density at radius 2 is 2.17 bits per heavy atom. The average molecular weight is 379 g/mol. The summed E-state index contributed by atoms with van der Waals surface area (Å²) in [5.41, 5.74) is 1.11. The van der Waals surface area contributed by atoms with Crippen molar-refractivity contribution in [3.63, 3.8) is 0 Å². The second-order valence-electron chi connectivity index (χ2n) is 3.65. The third-order valence-corrected chi connectivity index (χ3v) is 3.39. The van der Waals surface area contributed by atoms with Gasteiger partial charge in [-0.05, 0) is 41.0 Å². The molecule has 0 saturated carbocycles. The molecule has 0 unspecified atom stereocenters. The zero-order valence-electron chi connectivity index (χ0n) is 10.3. The molecule has 0 aliphatic rings. The number of ether oxygens (including phenoxy) is 2. The summed E-state index contributed by atoms with van der Waals surface area (Å²) in [6.45, 7) is 5.84. The molecule has 0 saturated heterocycles. The highest BCUT2D eigenvalue weighted by molar-refractivity contribution is 9.11. The van der Waals surface area contributed by atoms with Crippen molar-refractivity contribution in [2.24, 2.45) is 0 Å². The summed E-state index contributed by atoms with van der Waals surface area (Å²) < 4.78 is 12.4. The Balaban J connectivity index is 2.48. The van der Waals surface area contributed by atoms with Crippen LogP contribution in [-0.4, -0.2) is 20.3 Å². The van der Waals surface area contributed by atoms with Gasteiger partial charge in [-0.1, -0.05) is 22.5 Å².